The van der Waals surface area contributed by atoms with Crippen LogP contribution in [-0.4, -0.2) is 54.8 Å². The van der Waals surface area contributed by atoms with Crippen molar-refractivity contribution in [2.24, 2.45) is 0 Å². The van der Waals surface area contributed by atoms with E-state index < -0.39 is 0 Å². The summed E-state index contributed by atoms with van der Waals surface area (Å²) in [5.74, 6) is -0.341. The summed E-state index contributed by atoms with van der Waals surface area (Å²) in [5, 5.41) is 3.40. The van der Waals surface area contributed by atoms with Gasteiger partial charge in [-0.2, -0.15) is 0 Å². The normalized spacial score (nSPS) is 22.4. The van der Waals surface area contributed by atoms with E-state index in [1.165, 1.54) is 44.8 Å². The number of likely N-dealkylation sites (tertiary alicyclic amines) is 1. The van der Waals surface area contributed by atoms with Crippen LogP contribution in [-0.2, 0) is 9.47 Å². The van der Waals surface area contributed by atoms with Gasteiger partial charge in [0.1, 0.15) is 0 Å². The molecule has 0 aromatic carbocycles. The van der Waals surface area contributed by atoms with Crippen molar-refractivity contribution in [3.05, 3.63) is 41.4 Å². The van der Waals surface area contributed by atoms with Gasteiger partial charge in [-0.15, -0.1) is 0 Å². The van der Waals surface area contributed by atoms with Gasteiger partial charge < -0.3 is 14.8 Å². The maximum Gasteiger partial charge on any atom is 0.337 e. The first-order valence-electron chi connectivity index (χ1n) is 10.9. The number of nitrogens with one attached hydrogen (secondary N) is 1. The van der Waals surface area contributed by atoms with Crippen molar-refractivity contribution in [1.82, 2.24) is 15.2 Å². The molecule has 1 aromatic rings. The van der Waals surface area contributed by atoms with E-state index in [0.717, 1.165) is 31.7 Å². The van der Waals surface area contributed by atoms with Crippen molar-refractivity contribution < 1.29 is 14.3 Å². The Morgan fingerprint density at radius 2 is 2.10 bits per heavy atom. The first-order chi connectivity index (χ1) is 14.0. The van der Waals surface area contributed by atoms with Crippen LogP contribution in [0.25, 0.3) is 0 Å². The van der Waals surface area contributed by atoms with Crippen molar-refractivity contribution in [3.8, 4) is 0 Å². The minimum Gasteiger partial charge on any atom is -0.465 e. The van der Waals surface area contributed by atoms with Gasteiger partial charge >= 0.3 is 5.97 Å². The van der Waals surface area contributed by atoms with Gasteiger partial charge in [-0.1, -0.05) is 19.3 Å². The Labute approximate surface area is 174 Å². The fourth-order valence-electron chi connectivity index (χ4n) is 4.21. The molecule has 2 fully saturated rings. The molecule has 2 aliphatic rings. The van der Waals surface area contributed by atoms with E-state index in [-0.39, 0.29) is 12.0 Å². The van der Waals surface area contributed by atoms with Crippen molar-refractivity contribution >= 4 is 5.97 Å². The molecule has 1 aromatic heterocycles. The summed E-state index contributed by atoms with van der Waals surface area (Å²) in [5.41, 5.74) is 2.62. The van der Waals surface area contributed by atoms with Crippen LogP contribution in [0.15, 0.2) is 30.1 Å². The average molecular weight is 402 g/mol. The maximum absolute atomic E-state index is 11.7. The maximum atomic E-state index is 11.7. The number of hydrogen-bond acceptors (Lipinski definition) is 6. The monoisotopic (exact) mass is 401 g/mol. The Balaban J connectivity index is 1.44. The lowest BCUT2D eigenvalue weighted by Crippen LogP contribution is -2.29. The second-order valence-corrected chi connectivity index (χ2v) is 8.38. The number of pyridine rings is 1. The third-order valence-electron chi connectivity index (χ3n) is 5.86. The highest BCUT2D eigenvalue weighted by atomic mass is 16.5. The quantitative estimate of drug-likeness (QED) is 0.668. The molecule has 1 N–H and O–H groups in total. The van der Waals surface area contributed by atoms with E-state index in [4.69, 9.17) is 9.47 Å². The number of esters is 1. The molecule has 2 heterocycles. The highest BCUT2D eigenvalue weighted by Gasteiger charge is 2.26. The van der Waals surface area contributed by atoms with Crippen molar-refractivity contribution in [2.75, 3.05) is 26.7 Å². The smallest absolute Gasteiger partial charge is 0.337 e. The lowest BCUT2D eigenvalue weighted by atomic mass is 9.97. The zero-order valence-corrected chi connectivity index (χ0v) is 18.0. The molecule has 2 unspecified atom stereocenters. The van der Waals surface area contributed by atoms with Crippen LogP contribution in [0.4, 0.5) is 0 Å². The van der Waals surface area contributed by atoms with Gasteiger partial charge in [0.15, 0.2) is 0 Å². The van der Waals surface area contributed by atoms with Gasteiger partial charge in [-0.05, 0) is 57.0 Å². The average Bonchev–Trinajstić information content (AvgIpc) is 3.18. The summed E-state index contributed by atoms with van der Waals surface area (Å²) in [6.45, 7) is 7.26. The number of carbonyl (C=O) groups is 1. The highest BCUT2D eigenvalue weighted by Crippen LogP contribution is 2.24. The number of methoxy groups -OCH3 is 1. The summed E-state index contributed by atoms with van der Waals surface area (Å²) >= 11 is 0. The van der Waals surface area contributed by atoms with Crippen LogP contribution in [0, 0.1) is 0 Å². The molecular weight excluding hydrogens is 366 g/mol. The largest absolute Gasteiger partial charge is 0.465 e. The lowest BCUT2D eigenvalue weighted by molar-refractivity contribution is -0.0238. The molecule has 0 amide bonds. The summed E-state index contributed by atoms with van der Waals surface area (Å²) in [4.78, 5) is 18.6. The predicted molar refractivity (Wildman–Crippen MR) is 114 cm³/mol. The Bertz CT molecular complexity index is 700. The van der Waals surface area contributed by atoms with E-state index in [2.05, 4.69) is 28.3 Å². The van der Waals surface area contributed by atoms with E-state index in [9.17, 15) is 4.79 Å². The van der Waals surface area contributed by atoms with Crippen molar-refractivity contribution in [2.45, 2.75) is 70.6 Å². The van der Waals surface area contributed by atoms with E-state index >= 15 is 0 Å². The molecule has 2 atom stereocenters. The second kappa shape index (κ2) is 10.7. The number of carbonyl (C=O) groups excluding carboxylic acids is 1. The van der Waals surface area contributed by atoms with Gasteiger partial charge in [0.25, 0.3) is 0 Å². The fraction of sp³-hybridized carbons (Fsp3) is 0.652. The Morgan fingerprint density at radius 1 is 1.31 bits per heavy atom. The number of rotatable bonds is 8. The molecule has 6 nitrogen and oxygen atoms in total. The van der Waals surface area contributed by atoms with Crippen LogP contribution in [0.1, 0.15) is 74.5 Å². The molecule has 6 heteroatoms. The molecule has 1 saturated heterocycles. The SMILES string of the molecule is COC(=O)c1ccnc(C(C)N/C=C(\C)CN2CCC(OC3CCCCC3)C2)c1. The fourth-order valence-corrected chi connectivity index (χ4v) is 4.21. The zero-order valence-electron chi connectivity index (χ0n) is 18.0. The van der Waals surface area contributed by atoms with E-state index in [1.54, 1.807) is 18.3 Å². The van der Waals surface area contributed by atoms with Gasteiger partial charge in [0, 0.05) is 25.8 Å². The number of aromatic nitrogens is 1. The lowest BCUT2D eigenvalue weighted by Gasteiger charge is -2.25. The van der Waals surface area contributed by atoms with Crippen LogP contribution >= 0.6 is 0 Å². The van der Waals surface area contributed by atoms with Crippen LogP contribution in [0.2, 0.25) is 0 Å². The van der Waals surface area contributed by atoms with Crippen molar-refractivity contribution in [3.63, 3.8) is 0 Å². The number of nitrogens with zero attached hydrogens (tertiary/aromatic N) is 2. The standard InChI is InChI=1S/C23H35N3O3/c1-17(14-25-18(2)22-13-19(9-11-24-22)23(27)28-3)15-26-12-10-21(16-26)29-20-7-5-4-6-8-20/h9,11,13-14,18,20-21,25H,4-8,10,12,15-16H2,1-3H3/b17-14+. The van der Waals surface area contributed by atoms with Crippen LogP contribution in [0.3, 0.4) is 0 Å². The molecule has 160 valence electrons. The Hall–Kier alpha value is -1.92. The Morgan fingerprint density at radius 3 is 2.86 bits per heavy atom. The van der Waals surface area contributed by atoms with E-state index in [0.29, 0.717) is 17.8 Å². The summed E-state index contributed by atoms with van der Waals surface area (Å²) in [7, 11) is 1.39. The number of hydrogen-bond donors (Lipinski definition) is 1. The topological polar surface area (TPSA) is 63.7 Å². The van der Waals surface area contributed by atoms with Gasteiger partial charge in [-0.3, -0.25) is 9.88 Å². The molecule has 3 rings (SSSR count). The van der Waals surface area contributed by atoms with Crippen LogP contribution in [0.5, 0.6) is 0 Å². The third-order valence-corrected chi connectivity index (χ3v) is 5.86. The molecular formula is C23H35N3O3. The van der Waals surface area contributed by atoms with Crippen molar-refractivity contribution in [1.29, 1.82) is 0 Å². The molecule has 1 aliphatic carbocycles. The predicted octanol–water partition coefficient (Wildman–Crippen LogP) is 3.85. The summed E-state index contributed by atoms with van der Waals surface area (Å²) < 4.78 is 11.1. The first kappa shape index (κ1) is 21.8. The van der Waals surface area contributed by atoms with Gasteiger partial charge in [-0.25, -0.2) is 4.79 Å². The number of ether oxygens (including phenoxy) is 2. The molecule has 1 aliphatic heterocycles. The molecule has 29 heavy (non-hydrogen) atoms. The summed E-state index contributed by atoms with van der Waals surface area (Å²) in [6, 6.07) is 3.46. The molecule has 0 radical (unpaired) electrons. The third kappa shape index (κ3) is 6.54. The highest BCUT2D eigenvalue weighted by molar-refractivity contribution is 5.89. The minimum atomic E-state index is -0.341. The molecule has 1 saturated carbocycles. The van der Waals surface area contributed by atoms with E-state index in [1.807, 2.05) is 6.92 Å². The second-order valence-electron chi connectivity index (χ2n) is 8.38. The summed E-state index contributed by atoms with van der Waals surface area (Å²) in [6.07, 6.45) is 12.2. The zero-order chi connectivity index (χ0) is 20.6. The molecule has 0 spiro atoms. The molecule has 0 bridgehead atoms. The minimum absolute atomic E-state index is 0.00974. The van der Waals surface area contributed by atoms with Crippen LogP contribution < -0.4 is 5.32 Å². The van der Waals surface area contributed by atoms with Gasteiger partial charge in [0.2, 0.25) is 0 Å². The Kier molecular flexibility index (Phi) is 8.07. The van der Waals surface area contributed by atoms with Gasteiger partial charge in [0.05, 0.1) is 36.6 Å². The first-order valence-corrected chi connectivity index (χ1v) is 10.9.